The zero-order chi connectivity index (χ0) is 15.8. The summed E-state index contributed by atoms with van der Waals surface area (Å²) >= 11 is 5.93. The Morgan fingerprint density at radius 2 is 1.86 bits per heavy atom. The first-order valence-corrected chi connectivity index (χ1v) is 6.82. The van der Waals surface area contributed by atoms with Gasteiger partial charge in [-0.25, -0.2) is 0 Å². The monoisotopic (exact) mass is 320 g/mol. The quantitative estimate of drug-likeness (QED) is 0.337. The Balaban J connectivity index is 1.80. The molecule has 0 radical (unpaired) electrons. The molecule has 22 heavy (non-hydrogen) atoms. The first-order chi connectivity index (χ1) is 10.7. The van der Waals surface area contributed by atoms with Crippen LogP contribution < -0.4 is 4.74 Å². The fourth-order valence-corrected chi connectivity index (χ4v) is 1.85. The van der Waals surface area contributed by atoms with E-state index in [-0.39, 0.29) is 18.9 Å². The minimum absolute atomic E-state index is 0.0258. The lowest BCUT2D eigenvalue weighted by Gasteiger charge is -2.06. The van der Waals surface area contributed by atoms with Crippen molar-refractivity contribution in [3.05, 3.63) is 69.2 Å². The minimum atomic E-state index is -0.470. The van der Waals surface area contributed by atoms with Crippen LogP contribution in [0, 0.1) is 10.1 Å². The smallest absolute Gasteiger partial charge is 0.278 e. The van der Waals surface area contributed by atoms with Gasteiger partial charge in [0.05, 0.1) is 21.7 Å². The van der Waals surface area contributed by atoms with E-state index in [0.29, 0.717) is 16.3 Å². The average Bonchev–Trinajstić information content (AvgIpc) is 2.52. The minimum Gasteiger partial charge on any atom is -0.488 e. The van der Waals surface area contributed by atoms with Gasteiger partial charge in [0.15, 0.2) is 6.61 Å². The van der Waals surface area contributed by atoms with Crippen LogP contribution >= 0.6 is 11.6 Å². The third kappa shape index (κ3) is 4.46. The predicted octanol–water partition coefficient (Wildman–Crippen LogP) is 3.68. The lowest BCUT2D eigenvalue weighted by Crippen LogP contribution is -2.04. The molecule has 0 amide bonds. The number of para-hydroxylation sites is 2. The van der Waals surface area contributed by atoms with Gasteiger partial charge < -0.3 is 9.57 Å². The van der Waals surface area contributed by atoms with Crippen LogP contribution in [0.2, 0.25) is 5.02 Å². The molecule has 0 aliphatic heterocycles. The lowest BCUT2D eigenvalue weighted by molar-refractivity contribution is -0.385. The van der Waals surface area contributed by atoms with Crippen LogP contribution in [0.5, 0.6) is 5.75 Å². The Morgan fingerprint density at radius 3 is 2.64 bits per heavy atom. The van der Waals surface area contributed by atoms with Gasteiger partial charge in [-0.2, -0.15) is 0 Å². The maximum Gasteiger partial charge on any atom is 0.278 e. The molecule has 7 heteroatoms. The number of nitrogens with zero attached hydrogens (tertiary/aromatic N) is 2. The summed E-state index contributed by atoms with van der Waals surface area (Å²) < 4.78 is 5.41. The Kier molecular flexibility index (Phi) is 5.73. The van der Waals surface area contributed by atoms with Gasteiger partial charge in [-0.05, 0) is 18.2 Å². The Morgan fingerprint density at radius 1 is 1.14 bits per heavy atom. The van der Waals surface area contributed by atoms with Crippen molar-refractivity contribution < 1.29 is 14.5 Å². The fourth-order valence-electron chi connectivity index (χ4n) is 1.66. The van der Waals surface area contributed by atoms with Crippen LogP contribution in [-0.2, 0) is 4.84 Å². The van der Waals surface area contributed by atoms with Crippen LogP contribution in [0.4, 0.5) is 5.69 Å². The lowest BCUT2D eigenvalue weighted by atomic mass is 10.2. The van der Waals surface area contributed by atoms with Crippen LogP contribution in [0.1, 0.15) is 5.56 Å². The molecule has 114 valence electrons. The van der Waals surface area contributed by atoms with E-state index in [1.807, 2.05) is 12.1 Å². The number of ether oxygens (including phenoxy) is 1. The number of oxime groups is 1. The van der Waals surface area contributed by atoms with Gasteiger partial charge in [0.2, 0.25) is 0 Å². The maximum absolute atomic E-state index is 10.8. The van der Waals surface area contributed by atoms with Gasteiger partial charge in [-0.15, -0.1) is 0 Å². The molecule has 0 saturated heterocycles. The molecule has 0 aromatic heterocycles. The topological polar surface area (TPSA) is 74.0 Å². The number of hydrogen-bond donors (Lipinski definition) is 0. The van der Waals surface area contributed by atoms with Crippen molar-refractivity contribution in [2.24, 2.45) is 5.16 Å². The zero-order valence-corrected chi connectivity index (χ0v) is 12.3. The fraction of sp³-hybridized carbons (Fsp3) is 0.133. The van der Waals surface area contributed by atoms with Gasteiger partial charge in [-0.3, -0.25) is 10.1 Å². The van der Waals surface area contributed by atoms with Gasteiger partial charge in [0.25, 0.3) is 5.69 Å². The Labute approximate surface area is 132 Å². The van der Waals surface area contributed by atoms with E-state index in [2.05, 4.69) is 5.16 Å². The molecular formula is C15H13ClN2O4. The standard InChI is InChI=1S/C15H13ClN2O4/c16-13-6-2-4-8-15(13)21-9-10-22-17-11-12-5-1-3-7-14(12)18(19)20/h1-8,11H,9-10H2. The van der Waals surface area contributed by atoms with Gasteiger partial charge >= 0.3 is 0 Å². The summed E-state index contributed by atoms with van der Waals surface area (Å²) in [4.78, 5) is 15.4. The van der Waals surface area contributed by atoms with Gasteiger partial charge in [-0.1, -0.05) is 41.0 Å². The summed E-state index contributed by atoms with van der Waals surface area (Å²) in [5.41, 5.74) is 0.349. The Hall–Kier alpha value is -2.60. The van der Waals surface area contributed by atoms with E-state index in [1.54, 1.807) is 30.3 Å². The number of benzene rings is 2. The van der Waals surface area contributed by atoms with Gasteiger partial charge in [0.1, 0.15) is 12.4 Å². The molecular weight excluding hydrogens is 308 g/mol. The largest absolute Gasteiger partial charge is 0.488 e. The SMILES string of the molecule is O=[N+]([O-])c1ccccc1C=NOCCOc1ccccc1Cl. The highest BCUT2D eigenvalue weighted by atomic mass is 35.5. The molecule has 2 aromatic carbocycles. The predicted molar refractivity (Wildman–Crippen MR) is 83.6 cm³/mol. The highest BCUT2D eigenvalue weighted by Crippen LogP contribution is 2.22. The average molecular weight is 321 g/mol. The van der Waals surface area contributed by atoms with Crippen molar-refractivity contribution in [2.45, 2.75) is 0 Å². The molecule has 2 aromatic rings. The summed E-state index contributed by atoms with van der Waals surface area (Å²) in [6.07, 6.45) is 1.30. The molecule has 0 spiro atoms. The molecule has 0 atom stereocenters. The van der Waals surface area contributed by atoms with Gasteiger partial charge in [0, 0.05) is 6.07 Å². The number of nitro groups is 1. The van der Waals surface area contributed by atoms with Crippen molar-refractivity contribution in [1.29, 1.82) is 0 Å². The van der Waals surface area contributed by atoms with Crippen LogP contribution in [0.3, 0.4) is 0 Å². The second-order valence-corrected chi connectivity index (χ2v) is 4.57. The van der Waals surface area contributed by atoms with Crippen molar-refractivity contribution in [3.8, 4) is 5.75 Å². The van der Waals surface area contributed by atoms with E-state index in [4.69, 9.17) is 21.2 Å². The van der Waals surface area contributed by atoms with Crippen molar-refractivity contribution in [2.75, 3.05) is 13.2 Å². The van der Waals surface area contributed by atoms with Crippen molar-refractivity contribution in [1.82, 2.24) is 0 Å². The summed E-state index contributed by atoms with van der Waals surface area (Å²) in [5, 5.41) is 15.0. The van der Waals surface area contributed by atoms with E-state index in [0.717, 1.165) is 0 Å². The summed E-state index contributed by atoms with van der Waals surface area (Å²) in [5.74, 6) is 0.565. The molecule has 0 aliphatic rings. The highest BCUT2D eigenvalue weighted by molar-refractivity contribution is 6.32. The second-order valence-electron chi connectivity index (χ2n) is 4.16. The number of rotatable bonds is 7. The van der Waals surface area contributed by atoms with E-state index >= 15 is 0 Å². The summed E-state index contributed by atoms with van der Waals surface area (Å²) in [6.45, 7) is 0.459. The third-order valence-corrected chi connectivity index (χ3v) is 2.98. The summed E-state index contributed by atoms with van der Waals surface area (Å²) in [7, 11) is 0. The van der Waals surface area contributed by atoms with Crippen molar-refractivity contribution in [3.63, 3.8) is 0 Å². The molecule has 0 saturated carbocycles. The summed E-state index contributed by atoms with van der Waals surface area (Å²) in [6, 6.07) is 13.4. The first-order valence-electron chi connectivity index (χ1n) is 6.44. The molecule has 0 bridgehead atoms. The normalized spacial score (nSPS) is 10.6. The molecule has 2 rings (SSSR count). The van der Waals surface area contributed by atoms with E-state index in [9.17, 15) is 10.1 Å². The molecule has 0 N–H and O–H groups in total. The van der Waals surface area contributed by atoms with Crippen LogP contribution in [0.15, 0.2) is 53.7 Å². The molecule has 0 fully saturated rings. The molecule has 0 aliphatic carbocycles. The van der Waals surface area contributed by atoms with Crippen LogP contribution in [0.25, 0.3) is 0 Å². The van der Waals surface area contributed by atoms with E-state index < -0.39 is 4.92 Å². The molecule has 0 unspecified atom stereocenters. The Bertz CT molecular complexity index is 676. The van der Waals surface area contributed by atoms with Crippen molar-refractivity contribution >= 4 is 23.5 Å². The number of halogens is 1. The molecule has 0 heterocycles. The highest BCUT2D eigenvalue weighted by Gasteiger charge is 2.09. The number of nitro benzene ring substituents is 1. The maximum atomic E-state index is 10.8. The van der Waals surface area contributed by atoms with Crippen LogP contribution in [-0.4, -0.2) is 24.4 Å². The second kappa shape index (κ2) is 7.99. The number of hydrogen-bond acceptors (Lipinski definition) is 5. The van der Waals surface area contributed by atoms with E-state index in [1.165, 1.54) is 12.3 Å². The third-order valence-electron chi connectivity index (χ3n) is 2.67. The first kappa shape index (κ1) is 15.8. The zero-order valence-electron chi connectivity index (χ0n) is 11.5. The molecule has 6 nitrogen and oxygen atoms in total.